The van der Waals surface area contributed by atoms with E-state index < -0.39 is 5.97 Å². The molecule has 6 nitrogen and oxygen atoms in total. The summed E-state index contributed by atoms with van der Waals surface area (Å²) in [5, 5.41) is 20.9. The molecule has 3 N–H and O–H groups in total. The van der Waals surface area contributed by atoms with E-state index in [-0.39, 0.29) is 24.1 Å². The number of carbonyl (C=O) groups is 2. The lowest BCUT2D eigenvalue weighted by Crippen LogP contribution is -2.43. The van der Waals surface area contributed by atoms with Crippen molar-refractivity contribution in [2.24, 2.45) is 5.92 Å². The molecule has 0 bridgehead atoms. The topological polar surface area (TPSA) is 89.9 Å². The maximum Gasteiger partial charge on any atom is 0.335 e. The molecule has 1 unspecified atom stereocenters. The van der Waals surface area contributed by atoms with Gasteiger partial charge in [0.2, 0.25) is 0 Å². The van der Waals surface area contributed by atoms with Crippen molar-refractivity contribution < 1.29 is 19.8 Å². The Labute approximate surface area is 123 Å². The van der Waals surface area contributed by atoms with Crippen LogP contribution in [-0.4, -0.2) is 46.8 Å². The predicted molar refractivity (Wildman–Crippen MR) is 78.5 cm³/mol. The fraction of sp³-hybridized carbons (Fsp3) is 0.467. The smallest absolute Gasteiger partial charge is 0.335 e. The number of aliphatic hydroxyl groups is 1. The van der Waals surface area contributed by atoms with Crippen LogP contribution < -0.4 is 5.32 Å². The Morgan fingerprint density at radius 1 is 1.43 bits per heavy atom. The molecule has 6 heteroatoms. The summed E-state index contributed by atoms with van der Waals surface area (Å²) >= 11 is 0. The number of aryl methyl sites for hydroxylation is 1. The van der Waals surface area contributed by atoms with Gasteiger partial charge in [-0.25, -0.2) is 9.59 Å². The van der Waals surface area contributed by atoms with Crippen molar-refractivity contribution >= 4 is 17.7 Å². The van der Waals surface area contributed by atoms with Crippen LogP contribution in [0.3, 0.4) is 0 Å². The average molecular weight is 292 g/mol. The number of carboxylic acids is 1. The van der Waals surface area contributed by atoms with Gasteiger partial charge in [0, 0.05) is 25.4 Å². The minimum absolute atomic E-state index is 0.0934. The summed E-state index contributed by atoms with van der Waals surface area (Å²) in [5.74, 6) is -0.840. The van der Waals surface area contributed by atoms with E-state index >= 15 is 0 Å². The van der Waals surface area contributed by atoms with Gasteiger partial charge >= 0.3 is 12.0 Å². The molecule has 1 aromatic carbocycles. The molecule has 1 atom stereocenters. The number of amides is 2. The largest absolute Gasteiger partial charge is 0.478 e. The Hall–Kier alpha value is -2.08. The minimum Gasteiger partial charge on any atom is -0.478 e. The summed E-state index contributed by atoms with van der Waals surface area (Å²) in [5.41, 5.74) is 1.41. The van der Waals surface area contributed by atoms with E-state index in [1.165, 1.54) is 6.07 Å². The molecule has 1 fully saturated rings. The second-order valence-corrected chi connectivity index (χ2v) is 5.40. The fourth-order valence-electron chi connectivity index (χ4n) is 2.58. The van der Waals surface area contributed by atoms with E-state index in [1.807, 2.05) is 0 Å². The highest BCUT2D eigenvalue weighted by atomic mass is 16.4. The number of nitrogens with one attached hydrogen (secondary N) is 1. The number of aliphatic hydroxyl groups excluding tert-OH is 1. The number of piperidine rings is 1. The molecule has 2 amide bonds. The number of rotatable bonds is 3. The van der Waals surface area contributed by atoms with Crippen molar-refractivity contribution in [1.29, 1.82) is 0 Å². The summed E-state index contributed by atoms with van der Waals surface area (Å²) in [7, 11) is 0. The van der Waals surface area contributed by atoms with Crippen molar-refractivity contribution in [3.63, 3.8) is 0 Å². The number of carboxylic acid groups (broad SMARTS) is 1. The fourth-order valence-corrected chi connectivity index (χ4v) is 2.58. The molecule has 0 spiro atoms. The van der Waals surface area contributed by atoms with Crippen molar-refractivity contribution in [3.05, 3.63) is 29.3 Å². The zero-order valence-corrected chi connectivity index (χ0v) is 12.0. The van der Waals surface area contributed by atoms with Crippen molar-refractivity contribution in [2.45, 2.75) is 19.8 Å². The Morgan fingerprint density at radius 3 is 2.81 bits per heavy atom. The number of hydrogen-bond acceptors (Lipinski definition) is 3. The van der Waals surface area contributed by atoms with Gasteiger partial charge in [0.1, 0.15) is 0 Å². The van der Waals surface area contributed by atoms with Gasteiger partial charge in [0.25, 0.3) is 0 Å². The van der Waals surface area contributed by atoms with Gasteiger partial charge in [-0.05, 0) is 49.4 Å². The van der Waals surface area contributed by atoms with Crippen LogP contribution >= 0.6 is 0 Å². The van der Waals surface area contributed by atoms with Crippen LogP contribution in [0.1, 0.15) is 28.8 Å². The van der Waals surface area contributed by atoms with E-state index in [1.54, 1.807) is 24.0 Å². The summed E-state index contributed by atoms with van der Waals surface area (Å²) in [6.07, 6.45) is 1.82. The van der Waals surface area contributed by atoms with E-state index in [9.17, 15) is 14.7 Å². The number of aromatic carboxylic acids is 1. The SMILES string of the molecule is Cc1cc(NC(=O)N2CCCC(CO)C2)ccc1C(=O)O. The molecule has 21 heavy (non-hydrogen) atoms. The van der Waals surface area contributed by atoms with E-state index in [4.69, 9.17) is 5.11 Å². The molecule has 114 valence electrons. The molecular weight excluding hydrogens is 272 g/mol. The van der Waals surface area contributed by atoms with E-state index in [2.05, 4.69) is 5.32 Å². The van der Waals surface area contributed by atoms with Gasteiger partial charge in [-0.2, -0.15) is 0 Å². The van der Waals surface area contributed by atoms with Gasteiger partial charge in [-0.3, -0.25) is 0 Å². The van der Waals surface area contributed by atoms with Gasteiger partial charge in [-0.15, -0.1) is 0 Å². The Balaban J connectivity index is 2.02. The first kappa shape index (κ1) is 15.3. The van der Waals surface area contributed by atoms with Crippen molar-refractivity contribution in [3.8, 4) is 0 Å². The minimum atomic E-state index is -0.979. The Morgan fingerprint density at radius 2 is 2.19 bits per heavy atom. The number of likely N-dealkylation sites (tertiary alicyclic amines) is 1. The number of nitrogens with zero attached hydrogens (tertiary/aromatic N) is 1. The van der Waals surface area contributed by atoms with Crippen LogP contribution in [0.25, 0.3) is 0 Å². The first-order valence-electron chi connectivity index (χ1n) is 7.02. The Bertz CT molecular complexity index is 544. The first-order chi connectivity index (χ1) is 10.0. The van der Waals surface area contributed by atoms with Crippen LogP contribution in [0.4, 0.5) is 10.5 Å². The summed E-state index contributed by atoms with van der Waals surface area (Å²) in [6, 6.07) is 4.51. The standard InChI is InChI=1S/C15H20N2O4/c1-10-7-12(4-5-13(10)14(19)20)16-15(21)17-6-2-3-11(8-17)9-18/h4-5,7,11,18H,2-3,6,8-9H2,1H3,(H,16,21)(H,19,20). The molecule has 0 radical (unpaired) electrons. The highest BCUT2D eigenvalue weighted by Crippen LogP contribution is 2.19. The normalized spacial score (nSPS) is 18.4. The maximum absolute atomic E-state index is 12.2. The van der Waals surface area contributed by atoms with E-state index in [0.717, 1.165) is 12.8 Å². The van der Waals surface area contributed by atoms with Crippen molar-refractivity contribution in [1.82, 2.24) is 4.90 Å². The number of benzene rings is 1. The van der Waals surface area contributed by atoms with Crippen LogP contribution in [0.2, 0.25) is 0 Å². The molecule has 1 heterocycles. The van der Waals surface area contributed by atoms with Crippen LogP contribution in [-0.2, 0) is 0 Å². The monoisotopic (exact) mass is 292 g/mol. The number of hydrogen-bond donors (Lipinski definition) is 3. The average Bonchev–Trinajstić information content (AvgIpc) is 2.47. The van der Waals surface area contributed by atoms with Gasteiger partial charge in [0.15, 0.2) is 0 Å². The first-order valence-corrected chi connectivity index (χ1v) is 7.02. The van der Waals surface area contributed by atoms with E-state index in [0.29, 0.717) is 24.3 Å². The van der Waals surface area contributed by atoms with Gasteiger partial charge in [-0.1, -0.05) is 0 Å². The molecule has 1 aliphatic rings. The molecule has 2 rings (SSSR count). The number of anilines is 1. The second-order valence-electron chi connectivity index (χ2n) is 5.40. The second kappa shape index (κ2) is 6.58. The Kier molecular flexibility index (Phi) is 4.80. The predicted octanol–water partition coefficient (Wildman–Crippen LogP) is 1.93. The lowest BCUT2D eigenvalue weighted by Gasteiger charge is -2.31. The van der Waals surface area contributed by atoms with Gasteiger partial charge in [0.05, 0.1) is 5.56 Å². The summed E-state index contributed by atoms with van der Waals surface area (Å²) < 4.78 is 0. The lowest BCUT2D eigenvalue weighted by atomic mass is 9.99. The molecule has 1 aliphatic heterocycles. The third-order valence-corrected chi connectivity index (χ3v) is 3.77. The zero-order valence-electron chi connectivity index (χ0n) is 12.0. The highest BCUT2D eigenvalue weighted by molar-refractivity contribution is 5.92. The molecule has 0 aromatic heterocycles. The third-order valence-electron chi connectivity index (χ3n) is 3.77. The molecule has 1 aromatic rings. The highest BCUT2D eigenvalue weighted by Gasteiger charge is 2.23. The number of carbonyl (C=O) groups excluding carboxylic acids is 1. The zero-order chi connectivity index (χ0) is 15.4. The maximum atomic E-state index is 12.2. The molecule has 0 aliphatic carbocycles. The number of urea groups is 1. The van der Waals surface area contributed by atoms with Crippen LogP contribution in [0.15, 0.2) is 18.2 Å². The quantitative estimate of drug-likeness (QED) is 0.794. The summed E-state index contributed by atoms with van der Waals surface area (Å²) in [6.45, 7) is 3.01. The molecule has 0 saturated carbocycles. The van der Waals surface area contributed by atoms with Gasteiger partial charge < -0.3 is 20.4 Å². The summed E-state index contributed by atoms with van der Waals surface area (Å²) in [4.78, 5) is 24.8. The molecule has 1 saturated heterocycles. The van der Waals surface area contributed by atoms with Crippen LogP contribution in [0, 0.1) is 12.8 Å². The molecular formula is C15H20N2O4. The third kappa shape index (κ3) is 3.72. The van der Waals surface area contributed by atoms with Crippen LogP contribution in [0.5, 0.6) is 0 Å². The lowest BCUT2D eigenvalue weighted by molar-refractivity contribution is 0.0696. The van der Waals surface area contributed by atoms with Crippen molar-refractivity contribution in [2.75, 3.05) is 25.0 Å².